The molecular weight excluding hydrogens is 278 g/mol. The summed E-state index contributed by atoms with van der Waals surface area (Å²) in [6, 6.07) is 0. The van der Waals surface area contributed by atoms with E-state index < -0.39 is 0 Å². The first-order valence-electron chi connectivity index (χ1n) is 6.40. The zero-order valence-corrected chi connectivity index (χ0v) is 11.7. The van der Waals surface area contributed by atoms with Crippen LogP contribution < -0.4 is 11.1 Å². The summed E-state index contributed by atoms with van der Waals surface area (Å²) in [7, 11) is 0. The SMILES string of the molecule is Nc1cncc(Br)c1NCCC1CCCCC1. The van der Waals surface area contributed by atoms with E-state index in [1.165, 1.54) is 38.5 Å². The van der Waals surface area contributed by atoms with Crippen LogP contribution in [0.4, 0.5) is 11.4 Å². The predicted molar refractivity (Wildman–Crippen MR) is 76.0 cm³/mol. The molecule has 3 nitrogen and oxygen atoms in total. The first-order chi connectivity index (χ1) is 8.27. The number of anilines is 2. The van der Waals surface area contributed by atoms with Crippen LogP contribution in [0.5, 0.6) is 0 Å². The minimum Gasteiger partial charge on any atom is -0.396 e. The van der Waals surface area contributed by atoms with Crippen molar-refractivity contribution in [2.24, 2.45) is 5.92 Å². The molecule has 0 bridgehead atoms. The highest BCUT2D eigenvalue weighted by atomic mass is 79.9. The zero-order valence-electron chi connectivity index (χ0n) is 10.1. The van der Waals surface area contributed by atoms with E-state index in [4.69, 9.17) is 5.73 Å². The van der Waals surface area contributed by atoms with Crippen LogP contribution >= 0.6 is 15.9 Å². The van der Waals surface area contributed by atoms with Gasteiger partial charge in [-0.15, -0.1) is 0 Å². The van der Waals surface area contributed by atoms with Crippen molar-refractivity contribution in [1.82, 2.24) is 4.98 Å². The fraction of sp³-hybridized carbons (Fsp3) is 0.615. The van der Waals surface area contributed by atoms with Crippen LogP contribution in [0, 0.1) is 5.92 Å². The van der Waals surface area contributed by atoms with Crippen LogP contribution in [0.15, 0.2) is 16.9 Å². The number of nitrogen functional groups attached to an aromatic ring is 1. The molecule has 0 aliphatic heterocycles. The second kappa shape index (κ2) is 6.24. The topological polar surface area (TPSA) is 50.9 Å². The highest BCUT2D eigenvalue weighted by molar-refractivity contribution is 9.10. The van der Waals surface area contributed by atoms with Crippen molar-refractivity contribution in [2.75, 3.05) is 17.6 Å². The Balaban J connectivity index is 1.81. The van der Waals surface area contributed by atoms with Gasteiger partial charge in [0.1, 0.15) is 0 Å². The van der Waals surface area contributed by atoms with Crippen molar-refractivity contribution >= 4 is 27.3 Å². The minimum atomic E-state index is 0.711. The van der Waals surface area contributed by atoms with Gasteiger partial charge in [0.2, 0.25) is 0 Å². The van der Waals surface area contributed by atoms with Gasteiger partial charge >= 0.3 is 0 Å². The first kappa shape index (κ1) is 12.7. The average molecular weight is 298 g/mol. The Kier molecular flexibility index (Phi) is 4.66. The van der Waals surface area contributed by atoms with E-state index in [-0.39, 0.29) is 0 Å². The molecule has 17 heavy (non-hydrogen) atoms. The molecule has 1 fully saturated rings. The fourth-order valence-corrected chi connectivity index (χ4v) is 3.00. The molecular formula is C13H20BrN3. The summed E-state index contributed by atoms with van der Waals surface area (Å²) < 4.78 is 0.946. The lowest BCUT2D eigenvalue weighted by Crippen LogP contribution is -2.13. The van der Waals surface area contributed by atoms with E-state index in [1.54, 1.807) is 12.4 Å². The maximum atomic E-state index is 5.89. The van der Waals surface area contributed by atoms with Crippen LogP contribution in [-0.2, 0) is 0 Å². The Bertz CT molecular complexity index is 341. The lowest BCUT2D eigenvalue weighted by atomic mass is 9.87. The molecule has 0 amide bonds. The Morgan fingerprint density at radius 2 is 2.06 bits per heavy atom. The average Bonchev–Trinajstić information content (AvgIpc) is 2.34. The predicted octanol–water partition coefficient (Wildman–Crippen LogP) is 3.81. The Morgan fingerprint density at radius 1 is 1.29 bits per heavy atom. The van der Waals surface area contributed by atoms with Gasteiger partial charge in [-0.05, 0) is 28.3 Å². The van der Waals surface area contributed by atoms with Crippen molar-refractivity contribution in [1.29, 1.82) is 0 Å². The van der Waals surface area contributed by atoms with Crippen molar-refractivity contribution < 1.29 is 0 Å². The van der Waals surface area contributed by atoms with Crippen molar-refractivity contribution in [2.45, 2.75) is 38.5 Å². The van der Waals surface area contributed by atoms with Crippen LogP contribution in [0.25, 0.3) is 0 Å². The lowest BCUT2D eigenvalue weighted by molar-refractivity contribution is 0.345. The lowest BCUT2D eigenvalue weighted by Gasteiger charge is -2.22. The largest absolute Gasteiger partial charge is 0.396 e. The van der Waals surface area contributed by atoms with E-state index >= 15 is 0 Å². The van der Waals surface area contributed by atoms with Gasteiger partial charge < -0.3 is 11.1 Å². The Hall–Kier alpha value is -0.770. The molecule has 1 aromatic rings. The third kappa shape index (κ3) is 3.60. The van der Waals surface area contributed by atoms with Crippen LogP contribution in [0.3, 0.4) is 0 Å². The van der Waals surface area contributed by atoms with E-state index in [0.29, 0.717) is 5.69 Å². The molecule has 0 atom stereocenters. The molecule has 2 rings (SSSR count). The number of nitrogens with two attached hydrogens (primary N) is 1. The zero-order chi connectivity index (χ0) is 12.1. The van der Waals surface area contributed by atoms with Crippen molar-refractivity contribution in [3.63, 3.8) is 0 Å². The van der Waals surface area contributed by atoms with Crippen molar-refractivity contribution in [3.8, 4) is 0 Å². The van der Waals surface area contributed by atoms with Gasteiger partial charge in [0.05, 0.1) is 22.0 Å². The van der Waals surface area contributed by atoms with Crippen LogP contribution in [0.1, 0.15) is 38.5 Å². The number of rotatable bonds is 4. The number of hydrogen-bond acceptors (Lipinski definition) is 3. The minimum absolute atomic E-state index is 0.711. The summed E-state index contributed by atoms with van der Waals surface area (Å²) in [6.07, 6.45) is 11.7. The van der Waals surface area contributed by atoms with Gasteiger partial charge in [-0.1, -0.05) is 32.1 Å². The summed E-state index contributed by atoms with van der Waals surface area (Å²) in [5.41, 5.74) is 7.58. The molecule has 1 aliphatic carbocycles. The number of nitrogens with zero attached hydrogens (tertiary/aromatic N) is 1. The summed E-state index contributed by atoms with van der Waals surface area (Å²) in [6.45, 7) is 0.997. The number of aromatic nitrogens is 1. The molecule has 0 radical (unpaired) electrons. The third-order valence-corrected chi connectivity index (χ3v) is 4.11. The number of pyridine rings is 1. The summed E-state index contributed by atoms with van der Waals surface area (Å²) >= 11 is 3.47. The van der Waals surface area contributed by atoms with Gasteiger partial charge in [-0.2, -0.15) is 0 Å². The number of nitrogens with one attached hydrogen (secondary N) is 1. The normalized spacial score (nSPS) is 17.0. The molecule has 1 aliphatic rings. The van der Waals surface area contributed by atoms with E-state index in [2.05, 4.69) is 26.2 Å². The van der Waals surface area contributed by atoms with E-state index in [1.807, 2.05) is 0 Å². The highest BCUT2D eigenvalue weighted by Gasteiger charge is 2.13. The second-order valence-electron chi connectivity index (χ2n) is 4.81. The van der Waals surface area contributed by atoms with Gasteiger partial charge in [0.25, 0.3) is 0 Å². The molecule has 94 valence electrons. The first-order valence-corrected chi connectivity index (χ1v) is 7.19. The molecule has 0 spiro atoms. The van der Waals surface area contributed by atoms with Crippen LogP contribution in [0.2, 0.25) is 0 Å². The quantitative estimate of drug-likeness (QED) is 0.888. The Labute approximate surface area is 111 Å². The maximum Gasteiger partial charge on any atom is 0.0750 e. The third-order valence-electron chi connectivity index (χ3n) is 3.51. The van der Waals surface area contributed by atoms with Gasteiger partial charge in [-0.3, -0.25) is 4.98 Å². The summed E-state index contributed by atoms with van der Waals surface area (Å²) in [5, 5.41) is 3.42. The maximum absolute atomic E-state index is 5.89. The number of hydrogen-bond donors (Lipinski definition) is 2. The van der Waals surface area contributed by atoms with Gasteiger partial charge in [-0.25, -0.2) is 0 Å². The van der Waals surface area contributed by atoms with Gasteiger partial charge in [0, 0.05) is 12.7 Å². The number of halogens is 1. The molecule has 1 saturated carbocycles. The summed E-state index contributed by atoms with van der Waals surface area (Å²) in [4.78, 5) is 4.03. The smallest absolute Gasteiger partial charge is 0.0750 e. The monoisotopic (exact) mass is 297 g/mol. The van der Waals surface area contributed by atoms with E-state index in [0.717, 1.165) is 22.6 Å². The highest BCUT2D eigenvalue weighted by Crippen LogP contribution is 2.29. The van der Waals surface area contributed by atoms with Gasteiger partial charge in [0.15, 0.2) is 0 Å². The molecule has 0 saturated heterocycles. The molecule has 3 N–H and O–H groups in total. The molecule has 4 heteroatoms. The Morgan fingerprint density at radius 3 is 2.76 bits per heavy atom. The fourth-order valence-electron chi connectivity index (χ4n) is 2.51. The molecule has 1 aromatic heterocycles. The van der Waals surface area contributed by atoms with Crippen molar-refractivity contribution in [3.05, 3.63) is 16.9 Å². The standard InChI is InChI=1S/C13H20BrN3/c14-11-8-16-9-12(15)13(11)17-7-6-10-4-2-1-3-5-10/h8-10H,1-7,15H2,(H,16,17). The molecule has 0 unspecified atom stereocenters. The molecule has 1 heterocycles. The van der Waals surface area contributed by atoms with Crippen LogP contribution in [-0.4, -0.2) is 11.5 Å². The second-order valence-corrected chi connectivity index (χ2v) is 5.66. The molecule has 0 aromatic carbocycles. The summed E-state index contributed by atoms with van der Waals surface area (Å²) in [5.74, 6) is 0.901. The van der Waals surface area contributed by atoms with E-state index in [9.17, 15) is 0 Å².